The van der Waals surface area contributed by atoms with Crippen molar-refractivity contribution in [3.05, 3.63) is 29.8 Å². The predicted octanol–water partition coefficient (Wildman–Crippen LogP) is 3.66. The Bertz CT molecular complexity index is 380. The summed E-state index contributed by atoms with van der Waals surface area (Å²) in [6.45, 7) is 6.26. The summed E-state index contributed by atoms with van der Waals surface area (Å²) in [4.78, 5) is 12.2. The lowest BCUT2D eigenvalue weighted by molar-refractivity contribution is -0.126. The molecule has 0 aliphatic rings. The van der Waals surface area contributed by atoms with Gasteiger partial charge in [0.15, 0.2) is 0 Å². The smallest absolute Gasteiger partial charge is 0.223 e. The molecule has 0 saturated heterocycles. The number of rotatable bonds is 7. The lowest BCUT2D eigenvalue weighted by Gasteiger charge is -2.20. The minimum atomic E-state index is 0.0318. The van der Waals surface area contributed by atoms with E-state index >= 15 is 0 Å². The van der Waals surface area contributed by atoms with E-state index < -0.39 is 0 Å². The van der Waals surface area contributed by atoms with Crippen LogP contribution in [0, 0.1) is 5.92 Å². The van der Waals surface area contributed by atoms with Crippen LogP contribution in [0.4, 0.5) is 5.69 Å². The summed E-state index contributed by atoms with van der Waals surface area (Å²) in [7, 11) is 0. The van der Waals surface area contributed by atoms with Gasteiger partial charge in [0.2, 0.25) is 5.91 Å². The van der Waals surface area contributed by atoms with E-state index in [4.69, 9.17) is 5.73 Å². The van der Waals surface area contributed by atoms with Gasteiger partial charge in [-0.05, 0) is 37.5 Å². The second-order valence-electron chi connectivity index (χ2n) is 5.17. The molecule has 1 rings (SSSR count). The zero-order chi connectivity index (χ0) is 14.3. The van der Waals surface area contributed by atoms with Crippen molar-refractivity contribution >= 4 is 11.6 Å². The highest BCUT2D eigenvalue weighted by molar-refractivity contribution is 5.79. The Morgan fingerprint density at radius 3 is 2.16 bits per heavy atom. The van der Waals surface area contributed by atoms with Crippen molar-refractivity contribution in [1.82, 2.24) is 5.32 Å². The average Bonchev–Trinajstić information content (AvgIpc) is 2.39. The van der Waals surface area contributed by atoms with E-state index in [-0.39, 0.29) is 17.9 Å². The van der Waals surface area contributed by atoms with Gasteiger partial charge in [0.05, 0.1) is 6.04 Å². The summed E-state index contributed by atoms with van der Waals surface area (Å²) in [5.41, 5.74) is 7.51. The second-order valence-corrected chi connectivity index (χ2v) is 5.17. The van der Waals surface area contributed by atoms with Gasteiger partial charge in [0.25, 0.3) is 0 Å². The maximum absolute atomic E-state index is 12.2. The summed E-state index contributed by atoms with van der Waals surface area (Å²) in [6, 6.07) is 7.70. The third kappa shape index (κ3) is 4.93. The van der Waals surface area contributed by atoms with Crippen LogP contribution in [0.3, 0.4) is 0 Å². The standard InChI is InChI=1S/C16H26N2O/c1-4-6-14(7-5-2)16(19)18-12(3)13-8-10-15(17)11-9-13/h8-12,14H,4-7,17H2,1-3H3,(H,18,19). The zero-order valence-electron chi connectivity index (χ0n) is 12.3. The summed E-state index contributed by atoms with van der Waals surface area (Å²) in [6.07, 6.45) is 4.03. The summed E-state index contributed by atoms with van der Waals surface area (Å²) < 4.78 is 0. The van der Waals surface area contributed by atoms with Crippen LogP contribution in [-0.2, 0) is 4.79 Å². The Morgan fingerprint density at radius 1 is 1.16 bits per heavy atom. The molecule has 3 heteroatoms. The van der Waals surface area contributed by atoms with E-state index in [9.17, 15) is 4.79 Å². The molecule has 0 spiro atoms. The molecule has 0 aliphatic heterocycles. The molecule has 0 bridgehead atoms. The first-order valence-electron chi connectivity index (χ1n) is 7.24. The van der Waals surface area contributed by atoms with E-state index in [1.165, 1.54) is 0 Å². The minimum Gasteiger partial charge on any atom is -0.399 e. The highest BCUT2D eigenvalue weighted by Crippen LogP contribution is 2.18. The Hall–Kier alpha value is -1.51. The van der Waals surface area contributed by atoms with Crippen LogP contribution < -0.4 is 11.1 Å². The van der Waals surface area contributed by atoms with Gasteiger partial charge in [-0.25, -0.2) is 0 Å². The van der Waals surface area contributed by atoms with Crippen molar-refractivity contribution in [2.24, 2.45) is 5.92 Å². The predicted molar refractivity (Wildman–Crippen MR) is 80.7 cm³/mol. The second kappa shape index (κ2) is 7.82. The van der Waals surface area contributed by atoms with Crippen molar-refractivity contribution in [3.8, 4) is 0 Å². The maximum Gasteiger partial charge on any atom is 0.223 e. The SMILES string of the molecule is CCCC(CCC)C(=O)NC(C)c1ccc(N)cc1. The van der Waals surface area contributed by atoms with Gasteiger partial charge in [-0.1, -0.05) is 38.8 Å². The van der Waals surface area contributed by atoms with E-state index in [1.54, 1.807) is 0 Å². The molecule has 0 aromatic heterocycles. The third-order valence-corrected chi connectivity index (χ3v) is 3.44. The van der Waals surface area contributed by atoms with Gasteiger partial charge >= 0.3 is 0 Å². The van der Waals surface area contributed by atoms with Crippen LogP contribution in [0.1, 0.15) is 58.1 Å². The number of nitrogen functional groups attached to an aromatic ring is 1. The Kier molecular flexibility index (Phi) is 6.40. The van der Waals surface area contributed by atoms with Crippen molar-refractivity contribution in [2.45, 2.75) is 52.5 Å². The van der Waals surface area contributed by atoms with Gasteiger partial charge in [0.1, 0.15) is 0 Å². The molecule has 0 fully saturated rings. The van der Waals surface area contributed by atoms with Gasteiger partial charge in [-0.15, -0.1) is 0 Å². The molecule has 1 unspecified atom stereocenters. The van der Waals surface area contributed by atoms with Gasteiger partial charge in [-0.3, -0.25) is 4.79 Å². The summed E-state index contributed by atoms with van der Waals surface area (Å²) in [5, 5.41) is 3.11. The highest BCUT2D eigenvalue weighted by Gasteiger charge is 2.18. The molecule has 0 radical (unpaired) electrons. The molecule has 1 atom stereocenters. The molecular weight excluding hydrogens is 236 g/mol. The van der Waals surface area contributed by atoms with E-state index in [0.29, 0.717) is 0 Å². The number of nitrogens with one attached hydrogen (secondary N) is 1. The highest BCUT2D eigenvalue weighted by atomic mass is 16.1. The third-order valence-electron chi connectivity index (χ3n) is 3.44. The molecule has 3 N–H and O–H groups in total. The van der Waals surface area contributed by atoms with Crippen LogP contribution >= 0.6 is 0 Å². The first kappa shape index (κ1) is 15.5. The summed E-state index contributed by atoms with van der Waals surface area (Å²) in [5.74, 6) is 0.319. The van der Waals surface area contributed by atoms with Crippen LogP contribution in [0.2, 0.25) is 0 Å². The number of hydrogen-bond donors (Lipinski definition) is 2. The Balaban J connectivity index is 2.61. The zero-order valence-corrected chi connectivity index (χ0v) is 12.3. The first-order valence-corrected chi connectivity index (χ1v) is 7.24. The molecule has 1 aromatic rings. The van der Waals surface area contributed by atoms with E-state index in [0.717, 1.165) is 36.9 Å². The molecule has 106 valence electrons. The molecule has 19 heavy (non-hydrogen) atoms. The number of carbonyl (C=O) groups excluding carboxylic acids is 1. The van der Waals surface area contributed by atoms with E-state index in [2.05, 4.69) is 19.2 Å². The van der Waals surface area contributed by atoms with Crippen molar-refractivity contribution < 1.29 is 4.79 Å². The monoisotopic (exact) mass is 262 g/mol. The number of hydrogen-bond acceptors (Lipinski definition) is 2. The molecule has 0 saturated carbocycles. The Morgan fingerprint density at radius 2 is 1.68 bits per heavy atom. The van der Waals surface area contributed by atoms with Crippen LogP contribution in [0.15, 0.2) is 24.3 Å². The number of nitrogens with two attached hydrogens (primary N) is 1. The number of anilines is 1. The van der Waals surface area contributed by atoms with Gasteiger partial charge in [-0.2, -0.15) is 0 Å². The van der Waals surface area contributed by atoms with Crippen molar-refractivity contribution in [1.29, 1.82) is 0 Å². The van der Waals surface area contributed by atoms with Crippen molar-refractivity contribution in [2.75, 3.05) is 5.73 Å². The molecule has 0 heterocycles. The molecule has 3 nitrogen and oxygen atoms in total. The quantitative estimate of drug-likeness (QED) is 0.737. The fourth-order valence-corrected chi connectivity index (χ4v) is 2.30. The van der Waals surface area contributed by atoms with Crippen LogP contribution in [-0.4, -0.2) is 5.91 Å². The fourth-order valence-electron chi connectivity index (χ4n) is 2.30. The van der Waals surface area contributed by atoms with Crippen LogP contribution in [0.25, 0.3) is 0 Å². The minimum absolute atomic E-state index is 0.0318. The maximum atomic E-state index is 12.2. The van der Waals surface area contributed by atoms with Crippen molar-refractivity contribution in [3.63, 3.8) is 0 Å². The van der Waals surface area contributed by atoms with E-state index in [1.807, 2.05) is 31.2 Å². The van der Waals surface area contributed by atoms with Gasteiger partial charge < -0.3 is 11.1 Å². The Labute approximate surface area is 116 Å². The van der Waals surface area contributed by atoms with Gasteiger partial charge in [0, 0.05) is 11.6 Å². The largest absolute Gasteiger partial charge is 0.399 e. The van der Waals surface area contributed by atoms with Crippen LogP contribution in [0.5, 0.6) is 0 Å². The lowest BCUT2D eigenvalue weighted by atomic mass is 9.96. The average molecular weight is 262 g/mol. The topological polar surface area (TPSA) is 55.1 Å². The number of benzene rings is 1. The first-order chi connectivity index (χ1) is 9.08. The molecular formula is C16H26N2O. The fraction of sp³-hybridized carbons (Fsp3) is 0.562. The molecule has 0 aliphatic carbocycles. The number of amides is 1. The lowest BCUT2D eigenvalue weighted by Crippen LogP contribution is -2.32. The number of carbonyl (C=O) groups is 1. The normalized spacial score (nSPS) is 12.4. The molecule has 1 amide bonds. The molecule has 1 aromatic carbocycles. The summed E-state index contributed by atoms with van der Waals surface area (Å²) >= 11 is 0.